The molecule has 1 unspecified atom stereocenters. The molecule has 0 saturated heterocycles. The number of pyridine rings is 1. The van der Waals surface area contributed by atoms with Gasteiger partial charge in [-0.25, -0.2) is 4.98 Å². The van der Waals surface area contributed by atoms with Crippen LogP contribution >= 0.6 is 0 Å². The summed E-state index contributed by atoms with van der Waals surface area (Å²) in [4.78, 5) is 16.4. The highest BCUT2D eigenvalue weighted by Crippen LogP contribution is 2.08. The zero-order chi connectivity index (χ0) is 14.5. The number of aromatic nitrogens is 2. The minimum Gasteiger partial charge on any atom is -0.353 e. The summed E-state index contributed by atoms with van der Waals surface area (Å²) in [6.45, 7) is 6.46. The zero-order valence-corrected chi connectivity index (χ0v) is 12.5. The van der Waals surface area contributed by atoms with E-state index in [2.05, 4.69) is 31.1 Å². The zero-order valence-electron chi connectivity index (χ0n) is 12.5. The first-order valence-electron chi connectivity index (χ1n) is 7.26. The number of imidazole rings is 1. The number of rotatable bonds is 6. The molecular weight excluding hydrogens is 250 g/mol. The number of fused-ring (bicyclic) bond motifs is 1. The van der Waals surface area contributed by atoms with Crippen molar-refractivity contribution in [3.8, 4) is 0 Å². The topological polar surface area (TPSA) is 46.4 Å². The summed E-state index contributed by atoms with van der Waals surface area (Å²) in [5, 5.41) is 3.04. The Kier molecular flexibility index (Phi) is 4.77. The van der Waals surface area contributed by atoms with E-state index in [0.29, 0.717) is 12.3 Å². The second kappa shape index (κ2) is 6.55. The van der Waals surface area contributed by atoms with Gasteiger partial charge in [-0.3, -0.25) is 4.79 Å². The number of carbonyl (C=O) groups excluding carboxylic acids is 1. The van der Waals surface area contributed by atoms with Gasteiger partial charge in [0.25, 0.3) is 0 Å². The molecule has 1 atom stereocenters. The lowest BCUT2D eigenvalue weighted by Crippen LogP contribution is -2.33. The lowest BCUT2D eigenvalue weighted by Gasteiger charge is -2.14. The van der Waals surface area contributed by atoms with Crippen molar-refractivity contribution in [2.75, 3.05) is 0 Å². The predicted octanol–water partition coefficient (Wildman–Crippen LogP) is 2.82. The minimum atomic E-state index is 0.0460. The van der Waals surface area contributed by atoms with Crippen molar-refractivity contribution < 1.29 is 4.79 Å². The first kappa shape index (κ1) is 14.6. The van der Waals surface area contributed by atoms with Crippen molar-refractivity contribution in [2.45, 2.75) is 46.1 Å². The molecule has 0 aromatic carbocycles. The fraction of sp³-hybridized carbons (Fsp3) is 0.500. The molecule has 2 aromatic heterocycles. The molecular formula is C16H23N3O. The summed E-state index contributed by atoms with van der Waals surface area (Å²) in [6.07, 6.45) is 6.35. The largest absolute Gasteiger partial charge is 0.353 e. The molecule has 4 nitrogen and oxygen atoms in total. The van der Waals surface area contributed by atoms with Gasteiger partial charge in [-0.15, -0.1) is 0 Å². The fourth-order valence-corrected chi connectivity index (χ4v) is 2.22. The maximum absolute atomic E-state index is 12.0. The molecule has 1 N–H and O–H groups in total. The summed E-state index contributed by atoms with van der Waals surface area (Å²) in [7, 11) is 0. The van der Waals surface area contributed by atoms with Crippen molar-refractivity contribution >= 4 is 11.6 Å². The number of hydrogen-bond donors (Lipinski definition) is 1. The maximum Gasteiger partial charge on any atom is 0.226 e. The lowest BCUT2D eigenvalue weighted by molar-refractivity contribution is -0.121. The monoisotopic (exact) mass is 273 g/mol. The average Bonchev–Trinajstić information content (AvgIpc) is 2.78. The van der Waals surface area contributed by atoms with Crippen LogP contribution in [0.15, 0.2) is 30.6 Å². The van der Waals surface area contributed by atoms with Gasteiger partial charge in [0.05, 0.1) is 12.1 Å². The van der Waals surface area contributed by atoms with Gasteiger partial charge in [0.15, 0.2) is 0 Å². The molecule has 20 heavy (non-hydrogen) atoms. The van der Waals surface area contributed by atoms with Crippen molar-refractivity contribution in [1.82, 2.24) is 14.7 Å². The Labute approximate surface area is 120 Å². The Morgan fingerprint density at radius 1 is 1.30 bits per heavy atom. The van der Waals surface area contributed by atoms with Gasteiger partial charge in [0.1, 0.15) is 5.65 Å². The van der Waals surface area contributed by atoms with E-state index in [1.165, 1.54) is 0 Å². The van der Waals surface area contributed by atoms with Crippen LogP contribution in [0.2, 0.25) is 0 Å². The second-order valence-electron chi connectivity index (χ2n) is 5.81. The molecule has 0 aliphatic heterocycles. The third kappa shape index (κ3) is 4.08. The lowest BCUT2D eigenvalue weighted by atomic mass is 10.0. The first-order valence-corrected chi connectivity index (χ1v) is 7.26. The van der Waals surface area contributed by atoms with Gasteiger partial charge in [-0.2, -0.15) is 0 Å². The van der Waals surface area contributed by atoms with Gasteiger partial charge >= 0.3 is 0 Å². The SMILES string of the molecule is CC(C)CCC(C)NC(=O)Cc1cn2ccccc2n1. The van der Waals surface area contributed by atoms with E-state index in [-0.39, 0.29) is 11.9 Å². The van der Waals surface area contributed by atoms with Crippen molar-refractivity contribution in [1.29, 1.82) is 0 Å². The molecule has 0 radical (unpaired) electrons. The second-order valence-corrected chi connectivity index (χ2v) is 5.81. The highest BCUT2D eigenvalue weighted by Gasteiger charge is 2.11. The summed E-state index contributed by atoms with van der Waals surface area (Å²) in [5.74, 6) is 0.720. The molecule has 2 heterocycles. The molecule has 0 aliphatic rings. The van der Waals surface area contributed by atoms with Gasteiger partial charge in [-0.05, 0) is 37.8 Å². The van der Waals surface area contributed by atoms with Gasteiger partial charge in [-0.1, -0.05) is 19.9 Å². The smallest absolute Gasteiger partial charge is 0.226 e. The summed E-state index contributed by atoms with van der Waals surface area (Å²) in [6, 6.07) is 6.06. The van der Waals surface area contributed by atoms with Crippen LogP contribution in [0.5, 0.6) is 0 Å². The third-order valence-electron chi connectivity index (χ3n) is 3.34. The standard InChI is InChI=1S/C16H23N3O/c1-12(2)7-8-13(3)17-16(20)10-14-11-19-9-5-4-6-15(19)18-14/h4-6,9,11-13H,7-8,10H2,1-3H3,(H,17,20). The highest BCUT2D eigenvalue weighted by atomic mass is 16.1. The van der Waals surface area contributed by atoms with Crippen molar-refractivity contribution in [2.24, 2.45) is 5.92 Å². The predicted molar refractivity (Wildman–Crippen MR) is 80.6 cm³/mol. The van der Waals surface area contributed by atoms with Crippen LogP contribution in [-0.4, -0.2) is 21.3 Å². The minimum absolute atomic E-state index is 0.0460. The first-order chi connectivity index (χ1) is 9.54. The van der Waals surface area contributed by atoms with E-state index in [0.717, 1.165) is 24.2 Å². The van der Waals surface area contributed by atoms with E-state index >= 15 is 0 Å². The summed E-state index contributed by atoms with van der Waals surface area (Å²) in [5.41, 5.74) is 1.69. The fourth-order valence-electron chi connectivity index (χ4n) is 2.22. The van der Waals surface area contributed by atoms with Crippen LogP contribution in [0.4, 0.5) is 0 Å². The van der Waals surface area contributed by atoms with E-state index in [4.69, 9.17) is 0 Å². The number of nitrogens with zero attached hydrogens (tertiary/aromatic N) is 2. The van der Waals surface area contributed by atoms with Crippen LogP contribution in [0.25, 0.3) is 5.65 Å². The molecule has 0 saturated carbocycles. The molecule has 0 fully saturated rings. The van der Waals surface area contributed by atoms with E-state index < -0.39 is 0 Å². The van der Waals surface area contributed by atoms with Crippen molar-refractivity contribution in [3.05, 3.63) is 36.3 Å². The Balaban J connectivity index is 1.87. The van der Waals surface area contributed by atoms with E-state index in [1.54, 1.807) is 0 Å². The Hall–Kier alpha value is -1.84. The number of carbonyl (C=O) groups is 1. The molecule has 108 valence electrons. The molecule has 2 rings (SSSR count). The van der Waals surface area contributed by atoms with E-state index in [1.807, 2.05) is 35.0 Å². The van der Waals surface area contributed by atoms with Crippen LogP contribution in [0, 0.1) is 5.92 Å². The molecule has 2 aromatic rings. The van der Waals surface area contributed by atoms with Crippen LogP contribution < -0.4 is 5.32 Å². The molecule has 4 heteroatoms. The van der Waals surface area contributed by atoms with Crippen molar-refractivity contribution in [3.63, 3.8) is 0 Å². The normalized spacial score (nSPS) is 12.8. The van der Waals surface area contributed by atoms with Crippen LogP contribution in [0.3, 0.4) is 0 Å². The molecule has 0 aliphatic carbocycles. The quantitative estimate of drug-likeness (QED) is 0.879. The summed E-state index contributed by atoms with van der Waals surface area (Å²) >= 11 is 0. The molecule has 1 amide bonds. The van der Waals surface area contributed by atoms with Crippen LogP contribution in [0.1, 0.15) is 39.3 Å². The number of amides is 1. The van der Waals surface area contributed by atoms with Crippen LogP contribution in [-0.2, 0) is 11.2 Å². The van der Waals surface area contributed by atoms with Gasteiger partial charge in [0, 0.05) is 18.4 Å². The van der Waals surface area contributed by atoms with E-state index in [9.17, 15) is 4.79 Å². The summed E-state index contributed by atoms with van der Waals surface area (Å²) < 4.78 is 1.94. The third-order valence-corrected chi connectivity index (χ3v) is 3.34. The van der Waals surface area contributed by atoms with Gasteiger partial charge in [0.2, 0.25) is 5.91 Å². The number of hydrogen-bond acceptors (Lipinski definition) is 2. The average molecular weight is 273 g/mol. The highest BCUT2D eigenvalue weighted by molar-refractivity contribution is 5.78. The van der Waals surface area contributed by atoms with Gasteiger partial charge < -0.3 is 9.72 Å². The Bertz CT molecular complexity index is 541. The Morgan fingerprint density at radius 2 is 2.10 bits per heavy atom. The molecule has 0 bridgehead atoms. The maximum atomic E-state index is 12.0. The number of nitrogens with one attached hydrogen (secondary N) is 1. The molecule has 0 spiro atoms. The Morgan fingerprint density at radius 3 is 2.80 bits per heavy atom.